The van der Waals surface area contributed by atoms with Crippen molar-refractivity contribution >= 4 is 23.5 Å². The van der Waals surface area contributed by atoms with E-state index >= 15 is 0 Å². The Morgan fingerprint density at radius 3 is 2.59 bits per heavy atom. The molecule has 0 aliphatic heterocycles. The zero-order valence-corrected chi connectivity index (χ0v) is 10.9. The quantitative estimate of drug-likeness (QED) is 0.874. The summed E-state index contributed by atoms with van der Waals surface area (Å²) in [6.45, 7) is 0. The van der Waals surface area contributed by atoms with Gasteiger partial charge in [-0.2, -0.15) is 15.0 Å². The molecule has 1 aliphatic rings. The molecule has 1 aromatic heterocycles. The Kier molecular flexibility index (Phi) is 3.63. The van der Waals surface area contributed by atoms with Gasteiger partial charge in [0.05, 0.1) is 6.10 Å². The van der Waals surface area contributed by atoms with Crippen molar-refractivity contribution in [3.05, 3.63) is 5.28 Å². The first-order valence-electron chi connectivity index (χ1n) is 5.46. The van der Waals surface area contributed by atoms with E-state index in [1.807, 2.05) is 14.1 Å². The van der Waals surface area contributed by atoms with Crippen LogP contribution in [0.4, 0.5) is 11.9 Å². The first-order valence-corrected chi connectivity index (χ1v) is 5.84. The number of nitrogens with one attached hydrogen (secondary N) is 1. The Bertz CT molecular complexity index is 394. The maximum Gasteiger partial charge on any atom is 0.230 e. The lowest BCUT2D eigenvalue weighted by Gasteiger charge is -2.34. The summed E-state index contributed by atoms with van der Waals surface area (Å²) in [4.78, 5) is 14.1. The first-order chi connectivity index (χ1) is 8.08. The van der Waals surface area contributed by atoms with Gasteiger partial charge in [0.25, 0.3) is 0 Å². The molecular weight excluding hydrogens is 242 g/mol. The highest BCUT2D eigenvalue weighted by molar-refractivity contribution is 6.28. The number of methoxy groups -OCH3 is 1. The standard InChI is InChI=1S/C10H16ClN5O/c1-16(2)10-14-8(11)13-9(15-10)12-6-4-7(5-6)17-3/h6-7H,4-5H2,1-3H3,(H,12,13,14,15). The third kappa shape index (κ3) is 2.95. The van der Waals surface area contributed by atoms with E-state index in [0.29, 0.717) is 24.0 Å². The van der Waals surface area contributed by atoms with Crippen LogP contribution in [-0.2, 0) is 4.74 Å². The highest BCUT2D eigenvalue weighted by atomic mass is 35.5. The second-order valence-corrected chi connectivity index (χ2v) is 4.63. The van der Waals surface area contributed by atoms with Gasteiger partial charge in [-0.1, -0.05) is 0 Å². The topological polar surface area (TPSA) is 63.2 Å². The predicted octanol–water partition coefficient (Wildman–Crippen LogP) is 1.18. The molecule has 0 amide bonds. The monoisotopic (exact) mass is 257 g/mol. The number of ether oxygens (including phenoxy) is 1. The van der Waals surface area contributed by atoms with E-state index in [2.05, 4.69) is 20.3 Å². The normalized spacial score (nSPS) is 23.1. The molecule has 1 heterocycles. The van der Waals surface area contributed by atoms with Gasteiger partial charge >= 0.3 is 0 Å². The lowest BCUT2D eigenvalue weighted by molar-refractivity contribution is 0.0327. The van der Waals surface area contributed by atoms with E-state index in [4.69, 9.17) is 16.3 Å². The largest absolute Gasteiger partial charge is 0.381 e. The maximum absolute atomic E-state index is 5.84. The van der Waals surface area contributed by atoms with Crippen LogP contribution < -0.4 is 10.2 Å². The van der Waals surface area contributed by atoms with E-state index in [-0.39, 0.29) is 5.28 Å². The molecule has 6 nitrogen and oxygen atoms in total. The van der Waals surface area contributed by atoms with Gasteiger partial charge in [-0.15, -0.1) is 0 Å². The lowest BCUT2D eigenvalue weighted by atomic mass is 9.89. The number of rotatable bonds is 4. The maximum atomic E-state index is 5.84. The molecule has 0 radical (unpaired) electrons. The molecule has 0 atom stereocenters. The van der Waals surface area contributed by atoms with Crippen molar-refractivity contribution in [1.29, 1.82) is 0 Å². The van der Waals surface area contributed by atoms with Crippen molar-refractivity contribution in [1.82, 2.24) is 15.0 Å². The van der Waals surface area contributed by atoms with Gasteiger partial charge in [0.2, 0.25) is 17.2 Å². The van der Waals surface area contributed by atoms with E-state index in [1.165, 1.54) is 0 Å². The second-order valence-electron chi connectivity index (χ2n) is 4.29. The minimum Gasteiger partial charge on any atom is -0.381 e. The molecule has 0 saturated heterocycles. The third-order valence-corrected chi connectivity index (χ3v) is 2.93. The van der Waals surface area contributed by atoms with Crippen molar-refractivity contribution in [2.24, 2.45) is 0 Å². The first kappa shape index (κ1) is 12.3. The summed E-state index contributed by atoms with van der Waals surface area (Å²) in [5.41, 5.74) is 0. The number of hydrogen-bond donors (Lipinski definition) is 1. The zero-order valence-electron chi connectivity index (χ0n) is 10.1. The molecule has 94 valence electrons. The number of nitrogens with zero attached hydrogens (tertiary/aromatic N) is 4. The average molecular weight is 258 g/mol. The Morgan fingerprint density at radius 2 is 2.00 bits per heavy atom. The van der Waals surface area contributed by atoms with E-state index in [9.17, 15) is 0 Å². The molecule has 0 unspecified atom stereocenters. The van der Waals surface area contributed by atoms with Crippen LogP contribution in [-0.4, -0.2) is 48.3 Å². The van der Waals surface area contributed by atoms with E-state index in [1.54, 1.807) is 12.0 Å². The van der Waals surface area contributed by atoms with Gasteiger partial charge in [0.15, 0.2) is 0 Å². The molecule has 17 heavy (non-hydrogen) atoms. The van der Waals surface area contributed by atoms with E-state index < -0.39 is 0 Å². The molecule has 1 fully saturated rings. The fourth-order valence-corrected chi connectivity index (χ4v) is 1.82. The van der Waals surface area contributed by atoms with Crippen LogP contribution in [0, 0.1) is 0 Å². The van der Waals surface area contributed by atoms with Crippen LogP contribution in [0.5, 0.6) is 0 Å². The number of aromatic nitrogens is 3. The highest BCUT2D eigenvalue weighted by Crippen LogP contribution is 2.25. The molecular formula is C10H16ClN5O. The van der Waals surface area contributed by atoms with Crippen molar-refractivity contribution in [2.45, 2.75) is 25.0 Å². The summed E-state index contributed by atoms with van der Waals surface area (Å²) < 4.78 is 5.21. The van der Waals surface area contributed by atoms with Gasteiger partial charge < -0.3 is 15.0 Å². The van der Waals surface area contributed by atoms with Gasteiger partial charge in [0, 0.05) is 27.2 Å². The van der Waals surface area contributed by atoms with Crippen LogP contribution in [0.1, 0.15) is 12.8 Å². The second kappa shape index (κ2) is 5.01. The van der Waals surface area contributed by atoms with Gasteiger partial charge in [0.1, 0.15) is 0 Å². The van der Waals surface area contributed by atoms with Crippen molar-refractivity contribution < 1.29 is 4.74 Å². The molecule has 1 aliphatic carbocycles. The summed E-state index contributed by atoms with van der Waals surface area (Å²) in [6, 6.07) is 0.355. The van der Waals surface area contributed by atoms with Crippen LogP contribution in [0.25, 0.3) is 0 Å². The summed E-state index contributed by atoms with van der Waals surface area (Å²) >= 11 is 5.84. The van der Waals surface area contributed by atoms with Crippen LogP contribution >= 0.6 is 11.6 Å². The Labute approximate surface area is 105 Å². The summed E-state index contributed by atoms with van der Waals surface area (Å²) in [6.07, 6.45) is 2.28. The molecule has 0 aromatic carbocycles. The summed E-state index contributed by atoms with van der Waals surface area (Å²) in [5.74, 6) is 1.07. The van der Waals surface area contributed by atoms with Gasteiger partial charge in [-0.05, 0) is 24.4 Å². The van der Waals surface area contributed by atoms with Crippen LogP contribution in [0.2, 0.25) is 5.28 Å². The lowest BCUT2D eigenvalue weighted by Crippen LogP contribution is -2.40. The van der Waals surface area contributed by atoms with Crippen molar-refractivity contribution in [3.8, 4) is 0 Å². The number of halogens is 1. The number of anilines is 2. The SMILES string of the molecule is COC1CC(Nc2nc(Cl)nc(N(C)C)n2)C1. The Balaban J connectivity index is 2.01. The van der Waals surface area contributed by atoms with Crippen molar-refractivity contribution in [2.75, 3.05) is 31.4 Å². The fraction of sp³-hybridized carbons (Fsp3) is 0.700. The zero-order chi connectivity index (χ0) is 12.4. The fourth-order valence-electron chi connectivity index (χ4n) is 1.66. The molecule has 1 N–H and O–H groups in total. The van der Waals surface area contributed by atoms with Gasteiger partial charge in [-0.3, -0.25) is 0 Å². The molecule has 2 rings (SSSR count). The molecule has 0 spiro atoms. The minimum absolute atomic E-state index is 0.203. The Hall–Kier alpha value is -1.14. The molecule has 7 heteroatoms. The third-order valence-electron chi connectivity index (χ3n) is 2.76. The van der Waals surface area contributed by atoms with E-state index in [0.717, 1.165) is 12.8 Å². The Morgan fingerprint density at radius 1 is 1.29 bits per heavy atom. The molecule has 1 aromatic rings. The smallest absolute Gasteiger partial charge is 0.230 e. The minimum atomic E-state index is 0.203. The predicted molar refractivity (Wildman–Crippen MR) is 66.6 cm³/mol. The van der Waals surface area contributed by atoms with Crippen LogP contribution in [0.3, 0.4) is 0 Å². The highest BCUT2D eigenvalue weighted by Gasteiger charge is 2.29. The van der Waals surface area contributed by atoms with Gasteiger partial charge in [-0.25, -0.2) is 0 Å². The number of hydrogen-bond acceptors (Lipinski definition) is 6. The average Bonchev–Trinajstić information content (AvgIpc) is 2.21. The molecule has 0 bridgehead atoms. The molecule has 1 saturated carbocycles. The summed E-state index contributed by atoms with van der Waals surface area (Å²) in [5, 5.41) is 3.43. The van der Waals surface area contributed by atoms with Crippen LogP contribution in [0.15, 0.2) is 0 Å². The van der Waals surface area contributed by atoms with Crippen molar-refractivity contribution in [3.63, 3.8) is 0 Å². The summed E-state index contributed by atoms with van der Waals surface area (Å²) in [7, 11) is 5.45.